The number of hydrogen-bond acceptors (Lipinski definition) is 2. The summed E-state index contributed by atoms with van der Waals surface area (Å²) in [4.78, 5) is 11.8. The summed E-state index contributed by atoms with van der Waals surface area (Å²) in [6.45, 7) is 2.11. The normalized spacial score (nSPS) is 32.0. The standard InChI is InChI=1S/C22H23NO2/c1-12-5-7-13(8-6-12)20-19-15-10-9-14(11-15)18(19)16-3-2-4-17(22(24)25)21(16)23-20/h2-8,14-15,18-20,23H,9-11H2,1H3,(H,24,25)/t14-,15-,18-,19+,20-/m0/s1. The van der Waals surface area contributed by atoms with Crippen LogP contribution in [0.15, 0.2) is 42.5 Å². The minimum Gasteiger partial charge on any atom is -0.478 e. The van der Waals surface area contributed by atoms with Gasteiger partial charge in [-0.25, -0.2) is 4.79 Å². The second-order valence-electron chi connectivity index (χ2n) is 8.04. The summed E-state index contributed by atoms with van der Waals surface area (Å²) >= 11 is 0. The van der Waals surface area contributed by atoms with Crippen molar-refractivity contribution in [3.63, 3.8) is 0 Å². The summed E-state index contributed by atoms with van der Waals surface area (Å²) in [7, 11) is 0. The topological polar surface area (TPSA) is 49.3 Å². The van der Waals surface area contributed by atoms with E-state index in [0.717, 1.165) is 11.6 Å². The molecule has 2 bridgehead atoms. The molecule has 0 amide bonds. The summed E-state index contributed by atoms with van der Waals surface area (Å²) in [6, 6.07) is 14.8. The Morgan fingerprint density at radius 3 is 2.60 bits per heavy atom. The number of para-hydroxylation sites is 1. The average Bonchev–Trinajstić information content (AvgIpc) is 3.23. The molecule has 2 aromatic carbocycles. The van der Waals surface area contributed by atoms with Crippen LogP contribution in [0.25, 0.3) is 0 Å². The van der Waals surface area contributed by atoms with E-state index in [0.29, 0.717) is 23.3 Å². The zero-order valence-electron chi connectivity index (χ0n) is 14.4. The molecule has 1 aliphatic heterocycles. The first kappa shape index (κ1) is 15.0. The molecule has 3 aliphatic rings. The van der Waals surface area contributed by atoms with E-state index >= 15 is 0 Å². The Morgan fingerprint density at radius 1 is 1.08 bits per heavy atom. The third-order valence-electron chi connectivity index (χ3n) is 6.79. The Hall–Kier alpha value is -2.29. The number of anilines is 1. The molecule has 3 heteroatoms. The quantitative estimate of drug-likeness (QED) is 0.814. The summed E-state index contributed by atoms with van der Waals surface area (Å²) in [5, 5.41) is 13.3. The highest BCUT2D eigenvalue weighted by molar-refractivity contribution is 5.95. The number of carboxylic acid groups (broad SMARTS) is 1. The third kappa shape index (κ3) is 2.14. The second-order valence-corrected chi connectivity index (χ2v) is 8.04. The molecule has 2 fully saturated rings. The fraction of sp³-hybridized carbons (Fsp3) is 0.409. The zero-order chi connectivity index (χ0) is 17.1. The van der Waals surface area contributed by atoms with E-state index in [9.17, 15) is 9.90 Å². The van der Waals surface area contributed by atoms with Gasteiger partial charge in [-0.2, -0.15) is 0 Å². The van der Waals surface area contributed by atoms with Crippen LogP contribution in [-0.2, 0) is 0 Å². The van der Waals surface area contributed by atoms with Crippen LogP contribution >= 0.6 is 0 Å². The smallest absolute Gasteiger partial charge is 0.337 e. The van der Waals surface area contributed by atoms with E-state index in [4.69, 9.17) is 0 Å². The predicted octanol–water partition coefficient (Wildman–Crippen LogP) is 4.99. The van der Waals surface area contributed by atoms with Crippen LogP contribution in [0.4, 0.5) is 5.69 Å². The molecule has 0 saturated heterocycles. The number of carbonyl (C=O) groups is 1. The summed E-state index contributed by atoms with van der Waals surface area (Å²) in [5.41, 5.74) is 5.06. The number of nitrogens with one attached hydrogen (secondary N) is 1. The van der Waals surface area contributed by atoms with Crippen LogP contribution in [0, 0.1) is 24.7 Å². The molecule has 0 radical (unpaired) electrons. The van der Waals surface area contributed by atoms with Crippen molar-refractivity contribution in [1.29, 1.82) is 0 Å². The van der Waals surface area contributed by atoms with Gasteiger partial charge in [0.15, 0.2) is 0 Å². The highest BCUT2D eigenvalue weighted by Gasteiger charge is 2.54. The molecule has 0 spiro atoms. The van der Waals surface area contributed by atoms with Gasteiger partial charge in [-0.05, 0) is 67.1 Å². The lowest BCUT2D eigenvalue weighted by atomic mass is 9.67. The number of carboxylic acids is 1. The molecular formula is C22H23NO2. The van der Waals surface area contributed by atoms with Gasteiger partial charge in [0, 0.05) is 0 Å². The first-order chi connectivity index (χ1) is 12.1. The average molecular weight is 333 g/mol. The van der Waals surface area contributed by atoms with Crippen LogP contribution in [0.3, 0.4) is 0 Å². The molecule has 25 heavy (non-hydrogen) atoms. The Labute approximate surface area is 148 Å². The highest BCUT2D eigenvalue weighted by Crippen LogP contribution is 2.63. The van der Waals surface area contributed by atoms with Gasteiger partial charge >= 0.3 is 5.97 Å². The summed E-state index contributed by atoms with van der Waals surface area (Å²) in [5.74, 6) is 1.72. The molecule has 1 heterocycles. The monoisotopic (exact) mass is 333 g/mol. The molecule has 2 aromatic rings. The van der Waals surface area contributed by atoms with Gasteiger partial charge in [0.25, 0.3) is 0 Å². The van der Waals surface area contributed by atoms with Gasteiger partial charge in [0.2, 0.25) is 0 Å². The minimum absolute atomic E-state index is 0.217. The maximum absolute atomic E-state index is 11.8. The van der Waals surface area contributed by atoms with Crippen molar-refractivity contribution in [2.45, 2.75) is 38.1 Å². The molecule has 0 unspecified atom stereocenters. The SMILES string of the molecule is Cc1ccc([C@@H]2Nc3c(C(=O)O)cccc3[C@@H]3[C@H]4CC[C@@H](C4)[C@H]32)cc1. The van der Waals surface area contributed by atoms with Crippen LogP contribution < -0.4 is 5.32 Å². The molecule has 2 aliphatic carbocycles. The molecule has 0 aromatic heterocycles. The van der Waals surface area contributed by atoms with Gasteiger partial charge in [-0.1, -0.05) is 42.0 Å². The van der Waals surface area contributed by atoms with Crippen LogP contribution in [0.5, 0.6) is 0 Å². The molecule has 2 N–H and O–H groups in total. The lowest BCUT2D eigenvalue weighted by Gasteiger charge is -2.44. The van der Waals surface area contributed by atoms with Gasteiger partial charge in [-0.15, -0.1) is 0 Å². The summed E-state index contributed by atoms with van der Waals surface area (Å²) in [6.07, 6.45) is 3.92. The van der Waals surface area contributed by atoms with Crippen molar-refractivity contribution >= 4 is 11.7 Å². The van der Waals surface area contributed by atoms with E-state index < -0.39 is 5.97 Å². The number of aromatic carboxylic acids is 1. The second kappa shape index (κ2) is 5.35. The van der Waals surface area contributed by atoms with Crippen molar-refractivity contribution in [3.05, 3.63) is 64.7 Å². The number of aryl methyl sites for hydroxylation is 1. The van der Waals surface area contributed by atoms with E-state index in [2.05, 4.69) is 42.6 Å². The van der Waals surface area contributed by atoms with Crippen LogP contribution in [0.2, 0.25) is 0 Å². The Kier molecular flexibility index (Phi) is 3.21. The number of hydrogen-bond donors (Lipinski definition) is 2. The van der Waals surface area contributed by atoms with Gasteiger partial charge in [0.1, 0.15) is 0 Å². The van der Waals surface area contributed by atoms with E-state index in [-0.39, 0.29) is 6.04 Å². The van der Waals surface area contributed by atoms with Crippen molar-refractivity contribution in [3.8, 4) is 0 Å². The minimum atomic E-state index is -0.839. The molecular weight excluding hydrogens is 310 g/mol. The molecule has 5 rings (SSSR count). The molecule has 2 saturated carbocycles. The number of benzene rings is 2. The lowest BCUT2D eigenvalue weighted by Crippen LogP contribution is -2.36. The van der Waals surface area contributed by atoms with Crippen molar-refractivity contribution in [1.82, 2.24) is 0 Å². The van der Waals surface area contributed by atoms with E-state index in [1.54, 1.807) is 6.07 Å². The fourth-order valence-electron chi connectivity index (χ4n) is 5.80. The molecule has 128 valence electrons. The highest BCUT2D eigenvalue weighted by atomic mass is 16.4. The van der Waals surface area contributed by atoms with Crippen LogP contribution in [-0.4, -0.2) is 11.1 Å². The Balaban J connectivity index is 1.67. The zero-order valence-corrected chi connectivity index (χ0v) is 14.4. The van der Waals surface area contributed by atoms with Crippen molar-refractivity contribution < 1.29 is 9.90 Å². The lowest BCUT2D eigenvalue weighted by molar-refractivity contribution is 0.0697. The maximum atomic E-state index is 11.8. The van der Waals surface area contributed by atoms with Crippen molar-refractivity contribution in [2.24, 2.45) is 17.8 Å². The van der Waals surface area contributed by atoms with Gasteiger partial charge in [-0.3, -0.25) is 0 Å². The van der Waals surface area contributed by atoms with Gasteiger partial charge in [0.05, 0.1) is 17.3 Å². The largest absolute Gasteiger partial charge is 0.478 e. The maximum Gasteiger partial charge on any atom is 0.337 e. The Morgan fingerprint density at radius 2 is 1.84 bits per heavy atom. The molecule has 3 nitrogen and oxygen atoms in total. The first-order valence-corrected chi connectivity index (χ1v) is 9.33. The first-order valence-electron chi connectivity index (χ1n) is 9.33. The Bertz CT molecular complexity index is 842. The predicted molar refractivity (Wildman–Crippen MR) is 98.0 cm³/mol. The number of fused-ring (bicyclic) bond motifs is 7. The van der Waals surface area contributed by atoms with E-state index in [1.807, 2.05) is 6.07 Å². The number of rotatable bonds is 2. The summed E-state index contributed by atoms with van der Waals surface area (Å²) < 4.78 is 0. The fourth-order valence-corrected chi connectivity index (χ4v) is 5.80. The van der Waals surface area contributed by atoms with Crippen molar-refractivity contribution in [2.75, 3.05) is 5.32 Å². The van der Waals surface area contributed by atoms with Gasteiger partial charge < -0.3 is 10.4 Å². The third-order valence-corrected chi connectivity index (χ3v) is 6.79. The molecule has 5 atom stereocenters. The van der Waals surface area contributed by atoms with E-state index in [1.165, 1.54) is 36.0 Å². The van der Waals surface area contributed by atoms with Crippen LogP contribution in [0.1, 0.15) is 58.3 Å².